The molecule has 2 aliphatic carbocycles. The summed E-state index contributed by atoms with van der Waals surface area (Å²) in [5.41, 5.74) is 4.49. The van der Waals surface area contributed by atoms with Crippen LogP contribution in [0.3, 0.4) is 0 Å². The van der Waals surface area contributed by atoms with Gasteiger partial charge in [0.15, 0.2) is 0 Å². The van der Waals surface area contributed by atoms with Crippen molar-refractivity contribution in [1.82, 2.24) is 4.72 Å². The molecule has 0 radical (unpaired) electrons. The van der Waals surface area contributed by atoms with Crippen molar-refractivity contribution in [3.8, 4) is 0 Å². The average Bonchev–Trinajstić information content (AvgIpc) is 3.22. The molecule has 10 heteroatoms. The Kier molecular flexibility index (Phi) is 5.02. The van der Waals surface area contributed by atoms with Gasteiger partial charge in [0.25, 0.3) is 0 Å². The minimum atomic E-state index is -3.83. The molecule has 0 saturated carbocycles. The van der Waals surface area contributed by atoms with Gasteiger partial charge in [0.2, 0.25) is 0 Å². The molecule has 1 aliphatic heterocycles. The Morgan fingerprint density at radius 3 is 2.14 bits per heavy atom. The second-order valence-corrected chi connectivity index (χ2v) is 9.49. The molecule has 2 aromatic carbocycles. The maximum absolute atomic E-state index is 11.1. The molecule has 1 saturated heterocycles. The normalized spacial score (nSPS) is 24.8. The van der Waals surface area contributed by atoms with Crippen LogP contribution in [0.25, 0.3) is 0 Å². The first kappa shape index (κ1) is 19.5. The van der Waals surface area contributed by atoms with Gasteiger partial charge in [0, 0.05) is 19.3 Å². The highest BCUT2D eigenvalue weighted by atomic mass is 32.2. The van der Waals surface area contributed by atoms with Crippen LogP contribution in [-0.2, 0) is 48.2 Å². The fraction of sp³-hybridized carbons (Fsp3) is 0.333. The third kappa shape index (κ3) is 4.27. The highest BCUT2D eigenvalue weighted by Crippen LogP contribution is 2.38. The van der Waals surface area contributed by atoms with E-state index < -0.39 is 20.6 Å². The SMILES string of the molecule is NS(=O)(=O)OC1Cc2ccccc2C1.O=S1(=O)NC2c3ccccc3CC2O1. The van der Waals surface area contributed by atoms with Crippen LogP contribution >= 0.6 is 0 Å². The maximum Gasteiger partial charge on any atom is 0.336 e. The molecule has 0 bridgehead atoms. The Balaban J connectivity index is 0.000000137. The first-order valence-corrected chi connectivity index (χ1v) is 11.6. The van der Waals surface area contributed by atoms with Crippen LogP contribution in [0.5, 0.6) is 0 Å². The number of nitrogens with one attached hydrogen (secondary N) is 1. The van der Waals surface area contributed by atoms with Gasteiger partial charge in [0.1, 0.15) is 6.10 Å². The van der Waals surface area contributed by atoms with Gasteiger partial charge in [-0.1, -0.05) is 48.5 Å². The molecule has 0 spiro atoms. The molecule has 28 heavy (non-hydrogen) atoms. The Morgan fingerprint density at radius 1 is 0.964 bits per heavy atom. The van der Waals surface area contributed by atoms with E-state index in [1.807, 2.05) is 48.5 Å². The molecule has 2 aromatic rings. The van der Waals surface area contributed by atoms with Gasteiger partial charge in [-0.3, -0.25) is 8.37 Å². The van der Waals surface area contributed by atoms with Crippen molar-refractivity contribution in [2.45, 2.75) is 37.5 Å². The van der Waals surface area contributed by atoms with Crippen LogP contribution in [0.15, 0.2) is 48.5 Å². The summed E-state index contributed by atoms with van der Waals surface area (Å²) in [4.78, 5) is 0. The highest BCUT2D eigenvalue weighted by molar-refractivity contribution is 7.85. The minimum absolute atomic E-state index is 0.184. The van der Waals surface area contributed by atoms with E-state index in [2.05, 4.69) is 4.72 Å². The van der Waals surface area contributed by atoms with Crippen molar-refractivity contribution < 1.29 is 25.2 Å². The highest BCUT2D eigenvalue weighted by Gasteiger charge is 2.44. The molecule has 0 aromatic heterocycles. The van der Waals surface area contributed by atoms with Crippen molar-refractivity contribution in [2.75, 3.05) is 0 Å². The third-order valence-corrected chi connectivity index (χ3v) is 6.57. The zero-order chi connectivity index (χ0) is 19.9. The van der Waals surface area contributed by atoms with Gasteiger partial charge >= 0.3 is 20.6 Å². The Hall–Kier alpha value is -1.82. The summed E-state index contributed by atoms with van der Waals surface area (Å²) in [5.74, 6) is 0. The Labute approximate surface area is 164 Å². The summed E-state index contributed by atoms with van der Waals surface area (Å²) < 4.78 is 55.8. The van der Waals surface area contributed by atoms with Crippen LogP contribution in [0.2, 0.25) is 0 Å². The first-order valence-electron chi connectivity index (χ1n) is 8.76. The zero-order valence-electron chi connectivity index (χ0n) is 14.8. The van der Waals surface area contributed by atoms with Gasteiger partial charge in [-0.05, 0) is 22.3 Å². The van der Waals surface area contributed by atoms with E-state index in [4.69, 9.17) is 13.5 Å². The molecule has 1 heterocycles. The molecular formula is C18H20N2O6S2. The van der Waals surface area contributed by atoms with Crippen molar-refractivity contribution in [1.29, 1.82) is 0 Å². The average molecular weight is 425 g/mol. The van der Waals surface area contributed by atoms with Crippen LogP contribution < -0.4 is 9.86 Å². The molecule has 8 nitrogen and oxygen atoms in total. The van der Waals surface area contributed by atoms with Crippen molar-refractivity contribution in [2.24, 2.45) is 5.14 Å². The predicted octanol–water partition coefficient (Wildman–Crippen LogP) is 0.891. The van der Waals surface area contributed by atoms with E-state index in [0.717, 1.165) is 16.7 Å². The monoisotopic (exact) mass is 424 g/mol. The molecule has 3 N–H and O–H groups in total. The summed E-state index contributed by atoms with van der Waals surface area (Å²) in [7, 11) is -7.32. The predicted molar refractivity (Wildman–Crippen MR) is 102 cm³/mol. The third-order valence-electron chi connectivity index (χ3n) is 4.99. The zero-order valence-corrected chi connectivity index (χ0v) is 16.4. The topological polar surface area (TPSA) is 125 Å². The van der Waals surface area contributed by atoms with E-state index in [1.54, 1.807) is 0 Å². The fourth-order valence-corrected chi connectivity index (χ4v) is 5.57. The quantitative estimate of drug-likeness (QED) is 0.738. The summed E-state index contributed by atoms with van der Waals surface area (Å²) in [6.07, 6.45) is 1.33. The van der Waals surface area contributed by atoms with E-state index >= 15 is 0 Å². The molecule has 150 valence electrons. The molecule has 1 fully saturated rings. The van der Waals surface area contributed by atoms with E-state index in [0.29, 0.717) is 19.3 Å². The number of rotatable bonds is 2. The number of fused-ring (bicyclic) bond motifs is 4. The van der Waals surface area contributed by atoms with Gasteiger partial charge < -0.3 is 0 Å². The minimum Gasteiger partial charge on any atom is -0.254 e. The van der Waals surface area contributed by atoms with Gasteiger partial charge in [0.05, 0.1) is 12.1 Å². The van der Waals surface area contributed by atoms with Crippen LogP contribution in [0.4, 0.5) is 0 Å². The second-order valence-electron chi connectivity index (χ2n) is 6.98. The molecule has 5 rings (SSSR count). The molecule has 2 atom stereocenters. The number of nitrogens with two attached hydrogens (primary N) is 1. The van der Waals surface area contributed by atoms with Crippen molar-refractivity contribution in [3.05, 3.63) is 70.8 Å². The summed E-state index contributed by atoms with van der Waals surface area (Å²) in [5, 5.41) is 4.80. The molecule has 3 aliphatic rings. The molecule has 2 unspecified atom stereocenters. The molecule has 0 amide bonds. The standard InChI is InChI=1S/C9H9NO3S.C9H11NO3S/c11-14(12)10-9-7-4-2-1-3-6(7)5-8(9)13-14;10-14(11,12)13-9-5-7-3-1-2-4-8(7)6-9/h1-4,8-10H,5H2;1-4,9H,5-6H2,(H2,10,11,12). The smallest absolute Gasteiger partial charge is 0.254 e. The summed E-state index contributed by atoms with van der Waals surface area (Å²) in [6.45, 7) is 0. The van der Waals surface area contributed by atoms with Crippen LogP contribution in [-0.4, -0.2) is 29.0 Å². The number of benzene rings is 2. The lowest BCUT2D eigenvalue weighted by atomic mass is 10.1. The Bertz CT molecular complexity index is 1080. The lowest BCUT2D eigenvalue weighted by molar-refractivity contribution is 0.221. The fourth-order valence-electron chi connectivity index (χ4n) is 3.91. The van der Waals surface area contributed by atoms with E-state index in [9.17, 15) is 16.8 Å². The lowest BCUT2D eigenvalue weighted by Crippen LogP contribution is -2.24. The second kappa shape index (κ2) is 7.21. The lowest BCUT2D eigenvalue weighted by Gasteiger charge is -2.06. The first-order chi connectivity index (χ1) is 13.2. The van der Waals surface area contributed by atoms with Crippen LogP contribution in [0, 0.1) is 0 Å². The summed E-state index contributed by atoms with van der Waals surface area (Å²) >= 11 is 0. The number of hydrogen-bond acceptors (Lipinski definition) is 6. The molecular weight excluding hydrogens is 404 g/mol. The van der Waals surface area contributed by atoms with Crippen LogP contribution in [0.1, 0.15) is 28.3 Å². The van der Waals surface area contributed by atoms with Crippen molar-refractivity contribution in [3.63, 3.8) is 0 Å². The van der Waals surface area contributed by atoms with E-state index in [-0.39, 0.29) is 18.2 Å². The maximum atomic E-state index is 11.1. The number of hydrogen-bond donors (Lipinski definition) is 2. The van der Waals surface area contributed by atoms with Gasteiger partial charge in [-0.15, -0.1) is 0 Å². The summed E-state index contributed by atoms with van der Waals surface area (Å²) in [6, 6.07) is 15.4. The van der Waals surface area contributed by atoms with Gasteiger partial charge in [-0.2, -0.15) is 21.6 Å². The van der Waals surface area contributed by atoms with E-state index in [1.165, 1.54) is 5.56 Å². The Morgan fingerprint density at radius 2 is 1.54 bits per heavy atom. The largest absolute Gasteiger partial charge is 0.336 e. The van der Waals surface area contributed by atoms with Gasteiger partial charge in [-0.25, -0.2) is 5.14 Å². The van der Waals surface area contributed by atoms with Crippen molar-refractivity contribution >= 4 is 20.6 Å².